The van der Waals surface area contributed by atoms with E-state index in [9.17, 15) is 14.4 Å². The van der Waals surface area contributed by atoms with Crippen molar-refractivity contribution in [2.75, 3.05) is 10.6 Å². The van der Waals surface area contributed by atoms with E-state index in [0.29, 0.717) is 5.69 Å². The monoisotopic (exact) mass is 282 g/mol. The largest absolute Gasteiger partial charge is 0.478 e. The first-order valence-corrected chi connectivity index (χ1v) is 6.10. The molecule has 3 rings (SSSR count). The van der Waals surface area contributed by atoms with Crippen LogP contribution in [0.5, 0.6) is 0 Å². The van der Waals surface area contributed by atoms with Gasteiger partial charge in [0, 0.05) is 5.69 Å². The highest BCUT2D eigenvalue weighted by Crippen LogP contribution is 2.29. The summed E-state index contributed by atoms with van der Waals surface area (Å²) < 4.78 is 0. The van der Waals surface area contributed by atoms with Gasteiger partial charge in [-0.3, -0.25) is 9.59 Å². The minimum absolute atomic E-state index is 0.00331. The van der Waals surface area contributed by atoms with Gasteiger partial charge >= 0.3 is 5.97 Å². The van der Waals surface area contributed by atoms with Gasteiger partial charge in [0.15, 0.2) is 0 Å². The standard InChI is InChI=1S/C15H10N2O4/c16-9-4-5-11-12(7-9)14(19)17(13(11)18)10-3-1-2-8(6-10)15(20)21/h1-7H,16H2,(H,20,21). The lowest BCUT2D eigenvalue weighted by Gasteiger charge is -2.14. The molecule has 0 spiro atoms. The van der Waals surface area contributed by atoms with E-state index in [-0.39, 0.29) is 22.4 Å². The van der Waals surface area contributed by atoms with Crippen LogP contribution in [-0.4, -0.2) is 22.9 Å². The van der Waals surface area contributed by atoms with Crippen molar-refractivity contribution < 1.29 is 19.5 Å². The second kappa shape index (κ2) is 4.45. The van der Waals surface area contributed by atoms with Crippen molar-refractivity contribution in [3.63, 3.8) is 0 Å². The van der Waals surface area contributed by atoms with Crippen molar-refractivity contribution in [1.82, 2.24) is 0 Å². The molecule has 1 aliphatic heterocycles. The molecule has 0 bridgehead atoms. The fourth-order valence-electron chi connectivity index (χ4n) is 2.27. The Kier molecular flexibility index (Phi) is 2.72. The van der Waals surface area contributed by atoms with Crippen LogP contribution in [-0.2, 0) is 0 Å². The fraction of sp³-hybridized carbons (Fsp3) is 0. The summed E-state index contributed by atoms with van der Waals surface area (Å²) in [6.07, 6.45) is 0. The van der Waals surface area contributed by atoms with E-state index in [1.807, 2.05) is 0 Å². The summed E-state index contributed by atoms with van der Waals surface area (Å²) in [6.45, 7) is 0. The normalized spacial score (nSPS) is 13.4. The number of carbonyl (C=O) groups excluding carboxylic acids is 2. The van der Waals surface area contributed by atoms with E-state index in [4.69, 9.17) is 10.8 Å². The Morgan fingerprint density at radius 3 is 2.43 bits per heavy atom. The van der Waals surface area contributed by atoms with Crippen molar-refractivity contribution >= 4 is 29.2 Å². The summed E-state index contributed by atoms with van der Waals surface area (Å²) in [4.78, 5) is 36.6. The number of imide groups is 1. The van der Waals surface area contributed by atoms with Crippen LogP contribution < -0.4 is 10.6 Å². The third-order valence-corrected chi connectivity index (χ3v) is 3.26. The first-order chi connectivity index (χ1) is 9.99. The molecule has 1 heterocycles. The number of carboxylic acid groups (broad SMARTS) is 1. The van der Waals surface area contributed by atoms with E-state index in [1.54, 1.807) is 6.07 Å². The number of benzene rings is 2. The molecule has 0 aliphatic carbocycles. The summed E-state index contributed by atoms with van der Waals surface area (Å²) in [5, 5.41) is 8.99. The topological polar surface area (TPSA) is 101 Å². The molecule has 0 unspecified atom stereocenters. The van der Waals surface area contributed by atoms with Gasteiger partial charge in [0.1, 0.15) is 0 Å². The quantitative estimate of drug-likeness (QED) is 0.645. The predicted octanol–water partition coefficient (Wildman–Crippen LogP) is 1.77. The third kappa shape index (κ3) is 1.93. The van der Waals surface area contributed by atoms with Gasteiger partial charge in [-0.15, -0.1) is 0 Å². The van der Waals surface area contributed by atoms with Gasteiger partial charge in [0.2, 0.25) is 0 Å². The summed E-state index contributed by atoms with van der Waals surface area (Å²) in [5.74, 6) is -2.12. The molecule has 6 nitrogen and oxygen atoms in total. The maximum absolute atomic E-state index is 12.3. The number of hydrogen-bond donors (Lipinski definition) is 2. The number of nitrogens with zero attached hydrogens (tertiary/aromatic N) is 1. The molecule has 0 saturated carbocycles. The van der Waals surface area contributed by atoms with E-state index < -0.39 is 17.8 Å². The van der Waals surface area contributed by atoms with E-state index in [2.05, 4.69) is 0 Å². The van der Waals surface area contributed by atoms with Gasteiger partial charge in [-0.05, 0) is 36.4 Å². The molecule has 2 aromatic carbocycles. The zero-order valence-electron chi connectivity index (χ0n) is 10.7. The number of anilines is 2. The van der Waals surface area contributed by atoms with E-state index in [0.717, 1.165) is 4.90 Å². The van der Waals surface area contributed by atoms with Crippen LogP contribution in [0.15, 0.2) is 42.5 Å². The first kappa shape index (κ1) is 12.9. The Balaban J connectivity index is 2.10. The number of carbonyl (C=O) groups is 3. The van der Waals surface area contributed by atoms with Crippen molar-refractivity contribution in [2.45, 2.75) is 0 Å². The van der Waals surface area contributed by atoms with Gasteiger partial charge < -0.3 is 10.8 Å². The number of nitrogen functional groups attached to an aromatic ring is 1. The van der Waals surface area contributed by atoms with Gasteiger partial charge in [-0.1, -0.05) is 6.07 Å². The predicted molar refractivity (Wildman–Crippen MR) is 75.4 cm³/mol. The number of fused-ring (bicyclic) bond motifs is 1. The number of rotatable bonds is 2. The van der Waals surface area contributed by atoms with Crippen LogP contribution in [0.3, 0.4) is 0 Å². The summed E-state index contributed by atoms with van der Waals surface area (Å²) >= 11 is 0. The van der Waals surface area contributed by atoms with Gasteiger partial charge in [-0.2, -0.15) is 0 Å². The molecule has 21 heavy (non-hydrogen) atoms. The first-order valence-electron chi connectivity index (χ1n) is 6.10. The van der Waals surface area contributed by atoms with Crippen molar-refractivity contribution in [1.29, 1.82) is 0 Å². The van der Waals surface area contributed by atoms with E-state index >= 15 is 0 Å². The number of carboxylic acids is 1. The van der Waals surface area contributed by atoms with Crippen LogP contribution in [0.4, 0.5) is 11.4 Å². The molecule has 0 saturated heterocycles. The van der Waals surface area contributed by atoms with Crippen LogP contribution in [0.2, 0.25) is 0 Å². The molecule has 6 heteroatoms. The minimum atomic E-state index is -1.13. The average Bonchev–Trinajstić information content (AvgIpc) is 2.70. The molecule has 0 atom stereocenters. The average molecular weight is 282 g/mol. The lowest BCUT2D eigenvalue weighted by molar-refractivity contribution is 0.0695. The Morgan fingerprint density at radius 2 is 1.71 bits per heavy atom. The summed E-state index contributed by atoms with van der Waals surface area (Å²) in [6, 6.07) is 10.1. The van der Waals surface area contributed by atoms with Crippen LogP contribution in [0, 0.1) is 0 Å². The molecule has 2 aromatic rings. The third-order valence-electron chi connectivity index (χ3n) is 3.26. The lowest BCUT2D eigenvalue weighted by atomic mass is 10.1. The highest BCUT2D eigenvalue weighted by atomic mass is 16.4. The Labute approximate surface area is 119 Å². The Bertz CT molecular complexity index is 798. The molecule has 2 amide bonds. The van der Waals surface area contributed by atoms with Crippen LogP contribution in [0.1, 0.15) is 31.1 Å². The molecule has 1 aliphatic rings. The van der Waals surface area contributed by atoms with Crippen molar-refractivity contribution in [3.05, 3.63) is 59.2 Å². The van der Waals surface area contributed by atoms with Crippen molar-refractivity contribution in [2.24, 2.45) is 0 Å². The fourth-order valence-corrected chi connectivity index (χ4v) is 2.27. The Hall–Kier alpha value is -3.15. The highest BCUT2D eigenvalue weighted by Gasteiger charge is 2.36. The number of nitrogens with two attached hydrogens (primary N) is 1. The lowest BCUT2D eigenvalue weighted by Crippen LogP contribution is -2.29. The SMILES string of the molecule is Nc1ccc2c(c1)C(=O)N(c1cccc(C(=O)O)c1)C2=O. The van der Waals surface area contributed by atoms with Crippen molar-refractivity contribution in [3.8, 4) is 0 Å². The number of aromatic carboxylic acids is 1. The molecule has 0 fully saturated rings. The number of hydrogen-bond acceptors (Lipinski definition) is 4. The maximum Gasteiger partial charge on any atom is 0.335 e. The van der Waals surface area contributed by atoms with Crippen LogP contribution >= 0.6 is 0 Å². The molecular formula is C15H10N2O4. The maximum atomic E-state index is 12.3. The van der Waals surface area contributed by atoms with E-state index in [1.165, 1.54) is 36.4 Å². The van der Waals surface area contributed by atoms with Gasteiger partial charge in [-0.25, -0.2) is 9.69 Å². The second-order valence-electron chi connectivity index (χ2n) is 4.61. The molecule has 104 valence electrons. The second-order valence-corrected chi connectivity index (χ2v) is 4.61. The zero-order chi connectivity index (χ0) is 15.1. The highest BCUT2D eigenvalue weighted by molar-refractivity contribution is 6.34. The Morgan fingerprint density at radius 1 is 1.00 bits per heavy atom. The minimum Gasteiger partial charge on any atom is -0.478 e. The molecule has 0 radical (unpaired) electrons. The zero-order valence-corrected chi connectivity index (χ0v) is 10.7. The molecular weight excluding hydrogens is 272 g/mol. The smallest absolute Gasteiger partial charge is 0.335 e. The molecule has 0 aromatic heterocycles. The van der Waals surface area contributed by atoms with Gasteiger partial charge in [0.25, 0.3) is 11.8 Å². The summed E-state index contributed by atoms with van der Waals surface area (Å²) in [7, 11) is 0. The van der Waals surface area contributed by atoms with Crippen LogP contribution in [0.25, 0.3) is 0 Å². The number of amides is 2. The molecule has 3 N–H and O–H groups in total. The summed E-state index contributed by atoms with van der Waals surface area (Å²) in [5.41, 5.74) is 6.72. The van der Waals surface area contributed by atoms with Gasteiger partial charge in [0.05, 0.1) is 22.4 Å².